The van der Waals surface area contributed by atoms with Crippen LogP contribution in [0.15, 0.2) is 236 Å². The van der Waals surface area contributed by atoms with Crippen LogP contribution in [-0.4, -0.2) is 15.8 Å². The first-order valence-electron chi connectivity index (χ1n) is 22.5. The average molecular weight is 875 g/mol. The van der Waals surface area contributed by atoms with Crippen molar-refractivity contribution in [3.63, 3.8) is 0 Å². The molecule has 3 nitrogen and oxygen atoms in total. The number of hydrogen-bond donors (Lipinski definition) is 0. The molecular formula is C60H35BN2OS2. The lowest BCUT2D eigenvalue weighted by molar-refractivity contribution is 0.673. The van der Waals surface area contributed by atoms with Crippen LogP contribution in [0.1, 0.15) is 0 Å². The molecule has 3 aromatic heterocycles. The maximum absolute atomic E-state index is 7.12. The zero-order valence-corrected chi connectivity index (χ0v) is 37.0. The Morgan fingerprint density at radius 3 is 1.42 bits per heavy atom. The van der Waals surface area contributed by atoms with Gasteiger partial charge in [-0.1, -0.05) is 192 Å². The smallest absolute Gasteiger partial charge is 0.247 e. The van der Waals surface area contributed by atoms with Crippen LogP contribution in [0.5, 0.6) is 0 Å². The van der Waals surface area contributed by atoms with Crippen molar-refractivity contribution in [2.45, 2.75) is 19.6 Å². The Hall–Kier alpha value is -7.64. The summed E-state index contributed by atoms with van der Waals surface area (Å²) in [5.41, 5.74) is 17.8. The van der Waals surface area contributed by atoms with Gasteiger partial charge in [0.1, 0.15) is 11.2 Å². The number of rotatable bonds is 4. The molecule has 0 amide bonds. The van der Waals surface area contributed by atoms with Gasteiger partial charge >= 0.3 is 0 Å². The van der Waals surface area contributed by atoms with E-state index in [0.29, 0.717) is 0 Å². The van der Waals surface area contributed by atoms with Gasteiger partial charge in [-0.2, -0.15) is 0 Å². The zero-order chi connectivity index (χ0) is 43.0. The molecule has 0 atom stereocenters. The minimum atomic E-state index is 0.107. The molecule has 2 aliphatic rings. The van der Waals surface area contributed by atoms with Gasteiger partial charge in [-0.25, -0.2) is 0 Å². The fourth-order valence-electron chi connectivity index (χ4n) is 11.2. The molecule has 10 aromatic carbocycles. The Morgan fingerprint density at radius 1 is 0.364 bits per heavy atom. The van der Waals surface area contributed by atoms with Gasteiger partial charge in [0.05, 0.1) is 32.8 Å². The van der Waals surface area contributed by atoms with E-state index in [4.69, 9.17) is 4.42 Å². The number of para-hydroxylation sites is 4. The second kappa shape index (κ2) is 13.9. The number of hydrogen-bond acceptors (Lipinski definition) is 3. The van der Waals surface area contributed by atoms with Gasteiger partial charge in [0.2, 0.25) is 6.71 Å². The van der Waals surface area contributed by atoms with Gasteiger partial charge in [-0.05, 0) is 82.3 Å². The molecule has 5 heterocycles. The Kier molecular flexibility index (Phi) is 7.74. The van der Waals surface area contributed by atoms with Gasteiger partial charge in [-0.3, -0.25) is 0 Å². The molecular weight excluding hydrogens is 840 g/mol. The third-order valence-electron chi connectivity index (χ3n) is 14.0. The van der Waals surface area contributed by atoms with Crippen molar-refractivity contribution in [2.75, 3.05) is 0 Å². The van der Waals surface area contributed by atoms with E-state index in [9.17, 15) is 0 Å². The van der Waals surface area contributed by atoms with Crippen molar-refractivity contribution in [3.05, 3.63) is 212 Å². The summed E-state index contributed by atoms with van der Waals surface area (Å²) in [7, 11) is 0. The first-order chi connectivity index (χ1) is 32.7. The standard InChI is InChI=1S/C60H35BN2OS2/c1-4-16-36(17-5-1)38-28-30-45-50(32-38)65-52-34-41(35-53-57(52)61(45)46-31-29-39(33-51(46)66-53)37-18-6-2-7-19-37)63-48-26-14-11-23-43(48)55-58(63)54-42-22-10-13-25-47(42)62(40-20-8-3-9-21-40)59(54)56-44-24-12-15-27-49(44)64-60(55)56/h1-35H. The van der Waals surface area contributed by atoms with E-state index >= 15 is 0 Å². The largest absolute Gasteiger partial charge is 0.455 e. The number of furan rings is 1. The van der Waals surface area contributed by atoms with Gasteiger partial charge < -0.3 is 13.6 Å². The molecule has 2 aliphatic heterocycles. The lowest BCUT2D eigenvalue weighted by atomic mass is 9.36. The highest BCUT2D eigenvalue weighted by molar-refractivity contribution is 8.01. The van der Waals surface area contributed by atoms with E-state index in [0.717, 1.165) is 55.2 Å². The van der Waals surface area contributed by atoms with E-state index in [-0.39, 0.29) is 6.71 Å². The summed E-state index contributed by atoms with van der Waals surface area (Å²) in [5.74, 6) is 0. The summed E-state index contributed by atoms with van der Waals surface area (Å²) >= 11 is 3.84. The Morgan fingerprint density at radius 2 is 0.833 bits per heavy atom. The van der Waals surface area contributed by atoms with Crippen molar-refractivity contribution >= 4 is 112 Å². The summed E-state index contributed by atoms with van der Waals surface area (Å²) < 4.78 is 12.1. The highest BCUT2D eigenvalue weighted by atomic mass is 32.2. The van der Waals surface area contributed by atoms with E-state index in [1.807, 2.05) is 23.5 Å². The maximum Gasteiger partial charge on any atom is 0.247 e. The van der Waals surface area contributed by atoms with Crippen molar-refractivity contribution in [3.8, 4) is 33.6 Å². The first kappa shape index (κ1) is 36.7. The molecule has 66 heavy (non-hydrogen) atoms. The third-order valence-corrected chi connectivity index (χ3v) is 16.3. The molecule has 0 unspecified atom stereocenters. The summed E-state index contributed by atoms with van der Waals surface area (Å²) in [6, 6.07) is 78.1. The number of fused-ring (bicyclic) bond motifs is 16. The van der Waals surface area contributed by atoms with E-state index in [2.05, 4.69) is 221 Å². The van der Waals surface area contributed by atoms with Crippen LogP contribution in [0, 0.1) is 0 Å². The van der Waals surface area contributed by atoms with Crippen LogP contribution in [0.3, 0.4) is 0 Å². The highest BCUT2D eigenvalue weighted by Crippen LogP contribution is 2.50. The molecule has 0 aliphatic carbocycles. The Labute approximate surface area is 389 Å². The van der Waals surface area contributed by atoms with Crippen molar-refractivity contribution in [1.82, 2.24) is 9.13 Å². The topological polar surface area (TPSA) is 23.0 Å². The summed E-state index contributed by atoms with van der Waals surface area (Å²) in [4.78, 5) is 5.21. The fourth-order valence-corrected chi connectivity index (χ4v) is 13.8. The van der Waals surface area contributed by atoms with Gasteiger partial charge in [-0.15, -0.1) is 0 Å². The lowest BCUT2D eigenvalue weighted by Crippen LogP contribution is -2.58. The molecule has 0 saturated heterocycles. The molecule has 306 valence electrons. The SMILES string of the molecule is c1ccc(-c2ccc3c(c2)Sc2cc(-n4c5ccccc5c5c6oc7ccccc7c6c6c(c7ccccc7n6-c6ccccc6)c54)cc4c2B3c2ccc(-c3ccccc3)cc2S4)cc1. The molecule has 0 saturated carbocycles. The molecule has 13 aromatic rings. The van der Waals surface area contributed by atoms with E-state index in [1.165, 1.54) is 79.9 Å². The Balaban J connectivity index is 1.07. The maximum atomic E-state index is 7.12. The van der Waals surface area contributed by atoms with Crippen LogP contribution in [0.25, 0.3) is 99.2 Å². The number of benzene rings is 10. The predicted octanol–water partition coefficient (Wildman–Crippen LogP) is 14.6. The second-order valence-corrected chi connectivity index (χ2v) is 19.7. The quantitative estimate of drug-likeness (QED) is 0.165. The van der Waals surface area contributed by atoms with Gasteiger partial charge in [0.15, 0.2) is 0 Å². The molecule has 0 radical (unpaired) electrons. The van der Waals surface area contributed by atoms with Crippen LogP contribution in [0.2, 0.25) is 0 Å². The first-order valence-corrected chi connectivity index (χ1v) is 24.2. The fraction of sp³-hybridized carbons (Fsp3) is 0. The highest BCUT2D eigenvalue weighted by Gasteiger charge is 2.39. The molecule has 15 rings (SSSR count). The summed E-state index contributed by atoms with van der Waals surface area (Å²) in [6.07, 6.45) is 0. The second-order valence-electron chi connectivity index (χ2n) is 17.5. The molecule has 6 heteroatoms. The zero-order valence-electron chi connectivity index (χ0n) is 35.4. The number of nitrogens with zero attached hydrogens (tertiary/aromatic N) is 2. The monoisotopic (exact) mass is 874 g/mol. The van der Waals surface area contributed by atoms with Crippen LogP contribution in [0.4, 0.5) is 0 Å². The summed E-state index contributed by atoms with van der Waals surface area (Å²) in [5, 5.41) is 7.01. The number of aromatic nitrogens is 2. The van der Waals surface area contributed by atoms with Crippen LogP contribution in [-0.2, 0) is 0 Å². The van der Waals surface area contributed by atoms with Gasteiger partial charge in [0, 0.05) is 52.5 Å². The van der Waals surface area contributed by atoms with Gasteiger partial charge in [0.25, 0.3) is 0 Å². The molecule has 0 bridgehead atoms. The summed E-state index contributed by atoms with van der Waals surface area (Å²) in [6.45, 7) is 0.107. The molecule has 0 spiro atoms. The Bertz CT molecular complexity index is 4060. The normalized spacial score (nSPS) is 13.0. The molecule has 0 fully saturated rings. The third kappa shape index (κ3) is 5.14. The lowest BCUT2D eigenvalue weighted by Gasteiger charge is -2.34. The van der Waals surface area contributed by atoms with Crippen molar-refractivity contribution < 1.29 is 4.42 Å². The van der Waals surface area contributed by atoms with Crippen molar-refractivity contribution in [2.24, 2.45) is 0 Å². The van der Waals surface area contributed by atoms with Crippen molar-refractivity contribution in [1.29, 1.82) is 0 Å². The van der Waals surface area contributed by atoms with E-state index in [1.54, 1.807) is 0 Å². The van der Waals surface area contributed by atoms with E-state index < -0.39 is 0 Å². The predicted molar refractivity (Wildman–Crippen MR) is 279 cm³/mol. The minimum Gasteiger partial charge on any atom is -0.455 e. The molecule has 0 N–H and O–H groups in total. The minimum absolute atomic E-state index is 0.107. The van der Waals surface area contributed by atoms with Crippen LogP contribution >= 0.6 is 23.5 Å². The van der Waals surface area contributed by atoms with Crippen LogP contribution < -0.4 is 16.4 Å². The average Bonchev–Trinajstić information content (AvgIpc) is 4.05.